The van der Waals surface area contributed by atoms with E-state index in [1.807, 2.05) is 0 Å². The van der Waals surface area contributed by atoms with Gasteiger partial charge in [-0.2, -0.15) is 0 Å². The van der Waals surface area contributed by atoms with Crippen LogP contribution in [0.2, 0.25) is 0 Å². The first-order chi connectivity index (χ1) is 4.43. The van der Waals surface area contributed by atoms with Crippen molar-refractivity contribution in [3.8, 4) is 0 Å². The largest absolute Gasteiger partial charge is 0.0651 e. The van der Waals surface area contributed by atoms with Crippen molar-refractivity contribution in [3.63, 3.8) is 0 Å². The molecule has 0 fully saturated rings. The zero-order valence-corrected chi connectivity index (χ0v) is 6.86. The Morgan fingerprint density at radius 1 is 1.10 bits per heavy atom. The van der Waals surface area contributed by atoms with Crippen LogP contribution in [0.3, 0.4) is 0 Å². The molecule has 0 nitrogen and oxygen atoms in total. The van der Waals surface area contributed by atoms with E-state index in [1.165, 1.54) is 18.4 Å². The molecule has 0 N–H and O–H groups in total. The number of hydrogen-bond acceptors (Lipinski definition) is 0. The van der Waals surface area contributed by atoms with E-state index in [9.17, 15) is 0 Å². The van der Waals surface area contributed by atoms with Gasteiger partial charge in [-0.1, -0.05) is 43.7 Å². The molecule has 56 valence electrons. The Kier molecular flexibility index (Phi) is 6.50. The van der Waals surface area contributed by atoms with Crippen LogP contribution in [-0.4, -0.2) is 0 Å². The van der Waals surface area contributed by atoms with Gasteiger partial charge >= 0.3 is 0 Å². The van der Waals surface area contributed by atoms with Crippen LogP contribution in [0.4, 0.5) is 0 Å². The van der Waals surface area contributed by atoms with E-state index in [0.29, 0.717) is 0 Å². The number of hydrogen-bond donors (Lipinski definition) is 0. The molecule has 1 rings (SSSR count). The van der Waals surface area contributed by atoms with Gasteiger partial charge in [0.1, 0.15) is 0 Å². The molecule has 0 bridgehead atoms. The van der Waals surface area contributed by atoms with Crippen molar-refractivity contribution in [3.05, 3.63) is 35.9 Å². The molecule has 0 amide bonds. The van der Waals surface area contributed by atoms with E-state index in [-0.39, 0.29) is 37.7 Å². The van der Waals surface area contributed by atoms with Crippen LogP contribution in [0.5, 0.6) is 0 Å². The molecule has 1 heteroatoms. The monoisotopic (exact) mass is 160 g/mol. The second-order valence-corrected chi connectivity index (χ2v) is 2.24. The van der Waals surface area contributed by atoms with Crippen molar-refractivity contribution >= 4 is 0 Å². The van der Waals surface area contributed by atoms with Crippen LogP contribution < -0.4 is 0 Å². The molecule has 0 aliphatic carbocycles. The van der Waals surface area contributed by atoms with Crippen molar-refractivity contribution in [2.45, 2.75) is 19.8 Å². The summed E-state index contributed by atoms with van der Waals surface area (Å²) in [5, 5.41) is 0. The first-order valence-corrected chi connectivity index (χ1v) is 3.47. The van der Waals surface area contributed by atoms with Gasteiger partial charge in [0.25, 0.3) is 0 Å². The quantitative estimate of drug-likeness (QED) is 0.623. The first-order valence-electron chi connectivity index (χ1n) is 3.47. The molecule has 0 atom stereocenters. The predicted molar refractivity (Wildman–Crippen MR) is 40.4 cm³/mol. The summed E-state index contributed by atoms with van der Waals surface area (Å²) in [5.74, 6) is 0. The molecule has 0 radical (unpaired) electrons. The maximum absolute atomic E-state index is 2.20. The fourth-order valence-electron chi connectivity index (χ4n) is 0.933. The Balaban J connectivity index is 0.000000810. The van der Waals surface area contributed by atoms with Gasteiger partial charge in [-0.05, 0) is 12.0 Å². The van der Waals surface area contributed by atoms with Crippen molar-refractivity contribution in [2.24, 2.45) is 0 Å². The number of rotatable bonds is 2. The summed E-state index contributed by atoms with van der Waals surface area (Å²) in [6.07, 6.45) is 2.45. The van der Waals surface area contributed by atoms with Gasteiger partial charge in [0.2, 0.25) is 0 Å². The summed E-state index contributed by atoms with van der Waals surface area (Å²) in [4.78, 5) is 0. The van der Waals surface area contributed by atoms with Crippen molar-refractivity contribution in [2.75, 3.05) is 0 Å². The molecule has 0 aromatic heterocycles. The number of benzene rings is 1. The molecule has 0 heterocycles. The fourth-order valence-corrected chi connectivity index (χ4v) is 0.933. The molecule has 10 heavy (non-hydrogen) atoms. The third-order valence-electron chi connectivity index (χ3n) is 1.38. The van der Waals surface area contributed by atoms with Gasteiger partial charge in [-0.3, -0.25) is 0 Å². The van der Waals surface area contributed by atoms with Crippen molar-refractivity contribution in [1.29, 1.82) is 0 Å². The van der Waals surface area contributed by atoms with Crippen LogP contribution in [-0.2, 0) is 6.42 Å². The van der Waals surface area contributed by atoms with Gasteiger partial charge in [-0.15, -0.1) is 0 Å². The second kappa shape index (κ2) is 6.21. The minimum absolute atomic E-state index is 0. The second-order valence-electron chi connectivity index (χ2n) is 2.24. The van der Waals surface area contributed by atoms with E-state index in [1.54, 1.807) is 0 Å². The maximum atomic E-state index is 2.20. The zero-order chi connectivity index (χ0) is 6.53. The van der Waals surface area contributed by atoms with E-state index in [0.717, 1.165) is 0 Å². The Morgan fingerprint density at radius 3 is 2.20 bits per heavy atom. The molecular formula is C9H12Ar. The molecule has 0 aliphatic heterocycles. The van der Waals surface area contributed by atoms with Crippen LogP contribution in [0, 0.1) is 37.7 Å². The molecule has 0 spiro atoms. The molecule has 1 aromatic carbocycles. The van der Waals surface area contributed by atoms with E-state index >= 15 is 0 Å². The van der Waals surface area contributed by atoms with Gasteiger partial charge in [0.15, 0.2) is 0 Å². The van der Waals surface area contributed by atoms with Crippen LogP contribution >= 0.6 is 0 Å². The molecular weight excluding hydrogens is 148 g/mol. The molecule has 0 saturated heterocycles. The van der Waals surface area contributed by atoms with Crippen LogP contribution in [0.15, 0.2) is 30.3 Å². The van der Waals surface area contributed by atoms with E-state index in [4.69, 9.17) is 0 Å². The molecule has 1 aromatic rings. The Morgan fingerprint density at radius 2 is 1.70 bits per heavy atom. The van der Waals surface area contributed by atoms with Gasteiger partial charge in [0.05, 0.1) is 0 Å². The summed E-state index contributed by atoms with van der Waals surface area (Å²) in [6.45, 7) is 2.20. The summed E-state index contributed by atoms with van der Waals surface area (Å²) in [7, 11) is 0. The molecule has 0 aliphatic rings. The zero-order valence-electron chi connectivity index (χ0n) is 6.15. The topological polar surface area (TPSA) is 0 Å². The Labute approximate surface area is 92.6 Å². The SMILES string of the molecule is CCCc1ccccc1.[Ar]. The van der Waals surface area contributed by atoms with Gasteiger partial charge in [0, 0.05) is 37.7 Å². The minimum Gasteiger partial charge on any atom is -0.0651 e. The van der Waals surface area contributed by atoms with E-state index < -0.39 is 0 Å². The average Bonchev–Trinajstić information content (AvgIpc) is 1.91. The maximum Gasteiger partial charge on any atom is 0 e. The van der Waals surface area contributed by atoms with Crippen molar-refractivity contribution in [1.82, 2.24) is 0 Å². The first kappa shape index (κ1) is 10.5. The Hall–Kier alpha value is 0.480. The summed E-state index contributed by atoms with van der Waals surface area (Å²) in [6, 6.07) is 10.6. The average molecular weight is 160 g/mol. The van der Waals surface area contributed by atoms with Crippen LogP contribution in [0.25, 0.3) is 0 Å². The third-order valence-corrected chi connectivity index (χ3v) is 1.38. The summed E-state index contributed by atoms with van der Waals surface area (Å²) < 4.78 is 0. The van der Waals surface area contributed by atoms with Gasteiger partial charge in [-0.25, -0.2) is 0 Å². The predicted octanol–water partition coefficient (Wildman–Crippen LogP) is 2.64. The fraction of sp³-hybridized carbons (Fsp3) is 0.333. The summed E-state index contributed by atoms with van der Waals surface area (Å²) >= 11 is 0. The normalized spacial score (nSPS) is 8.50. The van der Waals surface area contributed by atoms with E-state index in [2.05, 4.69) is 37.3 Å². The third kappa shape index (κ3) is 3.60. The minimum atomic E-state index is 0. The summed E-state index contributed by atoms with van der Waals surface area (Å²) in [5.41, 5.74) is 1.44. The smallest absolute Gasteiger partial charge is 0 e. The Bertz CT molecular complexity index is 158. The van der Waals surface area contributed by atoms with Gasteiger partial charge < -0.3 is 0 Å². The molecule has 0 saturated carbocycles. The number of aryl methyl sites for hydroxylation is 1. The molecule has 0 unspecified atom stereocenters. The van der Waals surface area contributed by atoms with Crippen LogP contribution in [0.1, 0.15) is 18.9 Å². The van der Waals surface area contributed by atoms with Crippen molar-refractivity contribution < 1.29 is 37.7 Å². The standard InChI is InChI=1S/C9H12.Ar/c1-2-6-9-7-4-3-5-8-9;/h3-5,7-8H,2,6H2,1H3;.